The number of hydrogen-bond donors (Lipinski definition) is 0. The molecule has 4 heteroatoms. The molecule has 0 aliphatic carbocycles. The van der Waals surface area contributed by atoms with Gasteiger partial charge in [-0.05, 0) is 18.8 Å². The van der Waals surface area contributed by atoms with Gasteiger partial charge in [-0.1, -0.05) is 29.8 Å². The number of hydrogen-bond acceptors (Lipinski definition) is 2. The molecule has 0 heterocycles. The van der Waals surface area contributed by atoms with Crippen molar-refractivity contribution in [3.05, 3.63) is 0 Å². The van der Waals surface area contributed by atoms with Crippen LogP contribution in [0, 0.1) is 5.92 Å². The van der Waals surface area contributed by atoms with Gasteiger partial charge in [0.1, 0.15) is 9.84 Å². The summed E-state index contributed by atoms with van der Waals surface area (Å²) in [6.07, 6.45) is 1.85. The summed E-state index contributed by atoms with van der Waals surface area (Å²) in [5, 5.41) is 0.959. The van der Waals surface area contributed by atoms with Crippen LogP contribution < -0.4 is 0 Å². The van der Waals surface area contributed by atoms with Crippen LogP contribution in [0.15, 0.2) is 0 Å². The zero-order valence-corrected chi connectivity index (χ0v) is 10.1. The number of halogens is 1. The summed E-state index contributed by atoms with van der Waals surface area (Å²) < 4.78 is 22.2. The fourth-order valence-corrected chi connectivity index (χ4v) is 2.69. The van der Waals surface area contributed by atoms with Crippen molar-refractivity contribution in [3.63, 3.8) is 0 Å². The highest BCUT2D eigenvalue weighted by Gasteiger charge is 2.09. The molecule has 2 nitrogen and oxygen atoms in total. The molecule has 0 saturated heterocycles. The molecule has 0 fully saturated rings. The molecule has 0 spiro atoms. The van der Waals surface area contributed by atoms with Gasteiger partial charge in [-0.3, -0.25) is 0 Å². The van der Waals surface area contributed by atoms with E-state index in [0.29, 0.717) is 11.7 Å². The van der Waals surface area contributed by atoms with Gasteiger partial charge in [-0.2, -0.15) is 0 Å². The zero-order chi connectivity index (χ0) is 9.61. The number of rotatable bonds is 6. The van der Waals surface area contributed by atoms with E-state index < -0.39 is 9.84 Å². The van der Waals surface area contributed by atoms with Gasteiger partial charge in [0, 0.05) is 11.1 Å². The van der Waals surface area contributed by atoms with Crippen LogP contribution in [0.25, 0.3) is 0 Å². The van der Waals surface area contributed by atoms with Crippen LogP contribution >= 0.6 is 15.9 Å². The van der Waals surface area contributed by atoms with Crippen molar-refractivity contribution >= 4 is 25.8 Å². The van der Waals surface area contributed by atoms with Crippen molar-refractivity contribution in [1.29, 1.82) is 0 Å². The molecule has 74 valence electrons. The number of sulfone groups is 1. The molecule has 0 aromatic heterocycles. The summed E-state index contributed by atoms with van der Waals surface area (Å²) in [6, 6.07) is 0. The molecule has 0 bridgehead atoms. The predicted octanol–water partition coefficient (Wildman–Crippen LogP) is 2.23. The summed E-state index contributed by atoms with van der Waals surface area (Å²) in [7, 11) is -2.75. The molecule has 12 heavy (non-hydrogen) atoms. The van der Waals surface area contributed by atoms with Crippen molar-refractivity contribution in [2.45, 2.75) is 26.7 Å². The molecule has 0 aliphatic rings. The predicted molar refractivity (Wildman–Crippen MR) is 56.5 cm³/mol. The second-order valence-corrected chi connectivity index (χ2v) is 6.37. The summed E-state index contributed by atoms with van der Waals surface area (Å²) >= 11 is 3.34. The summed E-state index contributed by atoms with van der Waals surface area (Å²) in [6.45, 7) is 3.79. The highest BCUT2D eigenvalue weighted by molar-refractivity contribution is 9.09. The van der Waals surface area contributed by atoms with E-state index in [-0.39, 0.29) is 5.75 Å². The maximum atomic E-state index is 11.1. The van der Waals surface area contributed by atoms with Gasteiger partial charge in [-0.25, -0.2) is 8.42 Å². The lowest BCUT2D eigenvalue weighted by atomic mass is 10.1. The average molecular weight is 257 g/mol. The van der Waals surface area contributed by atoms with Crippen molar-refractivity contribution in [3.8, 4) is 0 Å². The molecule has 0 aromatic carbocycles. The maximum Gasteiger partial charge on any atom is 0.150 e. The molecule has 1 unspecified atom stereocenters. The van der Waals surface area contributed by atoms with E-state index >= 15 is 0 Å². The van der Waals surface area contributed by atoms with Crippen molar-refractivity contribution in [2.75, 3.05) is 16.8 Å². The fraction of sp³-hybridized carbons (Fsp3) is 1.00. The third kappa shape index (κ3) is 6.00. The van der Waals surface area contributed by atoms with Crippen LogP contribution in [0.4, 0.5) is 0 Å². The Morgan fingerprint density at radius 3 is 2.33 bits per heavy atom. The lowest BCUT2D eigenvalue weighted by Gasteiger charge is -2.08. The van der Waals surface area contributed by atoms with Crippen LogP contribution in [-0.2, 0) is 9.84 Å². The first-order chi connectivity index (χ1) is 5.52. The van der Waals surface area contributed by atoms with Crippen LogP contribution in [0.5, 0.6) is 0 Å². The van der Waals surface area contributed by atoms with Gasteiger partial charge < -0.3 is 0 Å². The summed E-state index contributed by atoms with van der Waals surface area (Å²) in [4.78, 5) is 0. The van der Waals surface area contributed by atoms with E-state index in [2.05, 4.69) is 22.9 Å². The molecule has 0 aromatic rings. The maximum absolute atomic E-state index is 11.1. The minimum atomic E-state index is -2.75. The molecule has 0 N–H and O–H groups in total. The lowest BCUT2D eigenvalue weighted by molar-refractivity contribution is 0.537. The smallest absolute Gasteiger partial charge is 0.150 e. The zero-order valence-electron chi connectivity index (χ0n) is 7.72. The van der Waals surface area contributed by atoms with Crippen molar-refractivity contribution < 1.29 is 8.42 Å². The Bertz CT molecular complexity index is 199. The second-order valence-electron chi connectivity index (χ2n) is 3.11. The quantitative estimate of drug-likeness (QED) is 0.684. The highest BCUT2D eigenvalue weighted by atomic mass is 79.9. The topological polar surface area (TPSA) is 34.1 Å². The van der Waals surface area contributed by atoms with Gasteiger partial charge >= 0.3 is 0 Å². The molecular formula is C8H17BrO2S. The second kappa shape index (κ2) is 5.97. The van der Waals surface area contributed by atoms with Crippen LogP contribution in [0.1, 0.15) is 26.7 Å². The van der Waals surface area contributed by atoms with E-state index in [1.807, 2.05) is 0 Å². The van der Waals surface area contributed by atoms with Crippen LogP contribution in [0.3, 0.4) is 0 Å². The molecule has 0 aliphatic heterocycles. The van der Waals surface area contributed by atoms with Gasteiger partial charge in [0.2, 0.25) is 0 Å². The molecule has 0 amide bonds. The lowest BCUT2D eigenvalue weighted by Crippen LogP contribution is -2.11. The number of alkyl halides is 1. The van der Waals surface area contributed by atoms with Crippen molar-refractivity contribution in [1.82, 2.24) is 0 Å². The summed E-state index contributed by atoms with van der Waals surface area (Å²) in [5.41, 5.74) is 0. The Balaban J connectivity index is 3.68. The van der Waals surface area contributed by atoms with E-state index in [1.165, 1.54) is 0 Å². The highest BCUT2D eigenvalue weighted by Crippen LogP contribution is 2.10. The van der Waals surface area contributed by atoms with E-state index in [4.69, 9.17) is 0 Å². The third-order valence-corrected chi connectivity index (χ3v) is 4.16. The molecule has 0 radical (unpaired) electrons. The third-order valence-electron chi connectivity index (χ3n) is 1.96. The Morgan fingerprint density at radius 1 is 1.33 bits per heavy atom. The van der Waals surface area contributed by atoms with Gasteiger partial charge in [0.15, 0.2) is 0 Å². The van der Waals surface area contributed by atoms with E-state index in [1.54, 1.807) is 6.92 Å². The monoisotopic (exact) mass is 256 g/mol. The van der Waals surface area contributed by atoms with Gasteiger partial charge in [-0.15, -0.1) is 0 Å². The van der Waals surface area contributed by atoms with Crippen molar-refractivity contribution in [2.24, 2.45) is 5.92 Å². The summed E-state index contributed by atoms with van der Waals surface area (Å²) in [5.74, 6) is 1.12. The molecule has 0 saturated carbocycles. The fourth-order valence-electron chi connectivity index (χ4n) is 0.856. The first-order valence-corrected chi connectivity index (χ1v) is 7.22. The first kappa shape index (κ1) is 12.4. The normalized spacial score (nSPS) is 14.6. The largest absolute Gasteiger partial charge is 0.229 e. The van der Waals surface area contributed by atoms with E-state index in [9.17, 15) is 8.42 Å². The minimum Gasteiger partial charge on any atom is -0.229 e. The van der Waals surface area contributed by atoms with E-state index in [0.717, 1.165) is 18.2 Å². The Kier molecular flexibility index (Phi) is 6.19. The molecule has 0 rings (SSSR count). The SMILES string of the molecule is CCS(=O)(=O)CCC(C)CCBr. The molecular weight excluding hydrogens is 240 g/mol. The van der Waals surface area contributed by atoms with Gasteiger partial charge in [0.05, 0.1) is 5.75 Å². The first-order valence-electron chi connectivity index (χ1n) is 4.28. The van der Waals surface area contributed by atoms with Crippen LogP contribution in [-0.4, -0.2) is 25.3 Å². The van der Waals surface area contributed by atoms with Gasteiger partial charge in [0.25, 0.3) is 0 Å². The standard InChI is InChI=1S/C8H17BrO2S/c1-3-12(10,11)7-5-8(2)4-6-9/h8H,3-7H2,1-2H3. The Labute approximate surface area is 83.8 Å². The van der Waals surface area contributed by atoms with Crippen LogP contribution in [0.2, 0.25) is 0 Å². The molecule has 1 atom stereocenters. The minimum absolute atomic E-state index is 0.272. The Hall–Kier alpha value is 0.430. The Morgan fingerprint density at radius 2 is 1.92 bits per heavy atom. The average Bonchev–Trinajstić information content (AvgIpc) is 2.02.